The summed E-state index contributed by atoms with van der Waals surface area (Å²) in [6, 6.07) is 9.78. The fourth-order valence-electron chi connectivity index (χ4n) is 3.17. The van der Waals surface area contributed by atoms with Crippen molar-refractivity contribution in [2.24, 2.45) is 0 Å². The predicted molar refractivity (Wildman–Crippen MR) is 109 cm³/mol. The van der Waals surface area contributed by atoms with Crippen LogP contribution in [-0.2, 0) is 26.1 Å². The number of hydrogen-bond acceptors (Lipinski definition) is 5. The van der Waals surface area contributed by atoms with Crippen LogP contribution in [0.15, 0.2) is 58.1 Å². The molecule has 0 radical (unpaired) electrons. The van der Waals surface area contributed by atoms with Gasteiger partial charge in [0.2, 0.25) is 15.9 Å². The summed E-state index contributed by atoms with van der Waals surface area (Å²) in [7, 11) is -3.63. The Morgan fingerprint density at radius 1 is 1.24 bits per heavy atom. The Balaban J connectivity index is 1.54. The quantitative estimate of drug-likeness (QED) is 0.666. The predicted octanol–water partition coefficient (Wildman–Crippen LogP) is 2.80. The lowest BCUT2D eigenvalue weighted by atomic mass is 10.1. The van der Waals surface area contributed by atoms with Crippen LogP contribution in [0.25, 0.3) is 6.08 Å². The van der Waals surface area contributed by atoms with Crippen LogP contribution >= 0.6 is 0 Å². The Kier molecular flexibility index (Phi) is 7.24. The summed E-state index contributed by atoms with van der Waals surface area (Å²) < 4.78 is 37.9. The molecule has 1 amide bonds. The standard InChI is InChI=1S/C21H26N2O5S/c1-2-27-18-11-13-23(14-12-18)21(24)10-7-17-5-8-20(9-6-17)29(25,26)22-16-19-4-3-15-28-19/h3-10,15,18,22H,2,11-14,16H2,1H3/b10-7+. The van der Waals surface area contributed by atoms with Crippen molar-refractivity contribution in [3.63, 3.8) is 0 Å². The van der Waals surface area contributed by atoms with E-state index >= 15 is 0 Å². The van der Waals surface area contributed by atoms with Crippen molar-refractivity contribution in [2.75, 3.05) is 19.7 Å². The second kappa shape index (κ2) is 9.87. The third-order valence-corrected chi connectivity index (χ3v) is 6.20. The Labute approximate surface area is 171 Å². The van der Waals surface area contributed by atoms with Crippen molar-refractivity contribution < 1.29 is 22.4 Å². The zero-order valence-electron chi connectivity index (χ0n) is 16.4. The summed E-state index contributed by atoms with van der Waals surface area (Å²) in [5, 5.41) is 0. The number of hydrogen-bond donors (Lipinski definition) is 1. The highest BCUT2D eigenvalue weighted by Crippen LogP contribution is 2.15. The maximum absolute atomic E-state index is 12.3. The number of nitrogens with one attached hydrogen (secondary N) is 1. The fourth-order valence-corrected chi connectivity index (χ4v) is 4.17. The highest BCUT2D eigenvalue weighted by molar-refractivity contribution is 7.89. The van der Waals surface area contributed by atoms with Crippen LogP contribution in [0.4, 0.5) is 0 Å². The molecular weight excluding hydrogens is 392 g/mol. The maximum Gasteiger partial charge on any atom is 0.246 e. The van der Waals surface area contributed by atoms with Crippen LogP contribution in [0.2, 0.25) is 0 Å². The molecule has 0 saturated carbocycles. The molecule has 0 unspecified atom stereocenters. The van der Waals surface area contributed by atoms with Crippen molar-refractivity contribution in [3.8, 4) is 0 Å². The molecule has 1 aliphatic heterocycles. The first-order chi connectivity index (χ1) is 14.0. The summed E-state index contributed by atoms with van der Waals surface area (Å²) >= 11 is 0. The SMILES string of the molecule is CCOC1CCN(C(=O)/C=C/c2ccc(S(=O)(=O)NCc3ccco3)cc2)CC1. The number of furan rings is 1. The van der Waals surface area contributed by atoms with Crippen molar-refractivity contribution in [3.05, 3.63) is 60.1 Å². The van der Waals surface area contributed by atoms with Gasteiger partial charge in [-0.25, -0.2) is 13.1 Å². The summed E-state index contributed by atoms with van der Waals surface area (Å²) in [6.45, 7) is 4.14. The minimum Gasteiger partial charge on any atom is -0.468 e. The van der Waals surface area contributed by atoms with Gasteiger partial charge in [0.1, 0.15) is 5.76 Å². The number of ether oxygens (including phenoxy) is 1. The van der Waals surface area contributed by atoms with Gasteiger partial charge in [0, 0.05) is 25.8 Å². The van der Waals surface area contributed by atoms with Crippen molar-refractivity contribution in [1.82, 2.24) is 9.62 Å². The van der Waals surface area contributed by atoms with E-state index in [2.05, 4.69) is 4.72 Å². The number of carbonyl (C=O) groups excluding carboxylic acids is 1. The molecule has 0 atom stereocenters. The van der Waals surface area contributed by atoms with E-state index in [4.69, 9.17) is 9.15 Å². The number of amides is 1. The number of nitrogens with zero attached hydrogens (tertiary/aromatic N) is 1. The van der Waals surface area contributed by atoms with Gasteiger partial charge in [0.15, 0.2) is 0 Å². The smallest absolute Gasteiger partial charge is 0.246 e. The zero-order chi connectivity index (χ0) is 20.7. The molecule has 1 N–H and O–H groups in total. The molecule has 1 aliphatic rings. The first kappa shape index (κ1) is 21.3. The van der Waals surface area contributed by atoms with E-state index in [9.17, 15) is 13.2 Å². The van der Waals surface area contributed by atoms with Gasteiger partial charge < -0.3 is 14.1 Å². The van der Waals surface area contributed by atoms with Gasteiger partial charge >= 0.3 is 0 Å². The molecule has 7 nitrogen and oxygen atoms in total. The number of rotatable bonds is 8. The van der Waals surface area contributed by atoms with E-state index in [1.54, 1.807) is 30.3 Å². The average Bonchev–Trinajstić information content (AvgIpc) is 3.25. The minimum atomic E-state index is -3.63. The van der Waals surface area contributed by atoms with Crippen LogP contribution in [0.3, 0.4) is 0 Å². The molecule has 1 aromatic carbocycles. The Hall–Kier alpha value is -2.42. The number of benzene rings is 1. The first-order valence-corrected chi connectivity index (χ1v) is 11.2. The third-order valence-electron chi connectivity index (χ3n) is 4.78. The molecule has 2 aromatic rings. The molecular formula is C21H26N2O5S. The molecule has 3 rings (SSSR count). The Morgan fingerprint density at radius 3 is 2.59 bits per heavy atom. The molecule has 1 fully saturated rings. The highest BCUT2D eigenvalue weighted by Gasteiger charge is 2.21. The van der Waals surface area contributed by atoms with E-state index in [1.165, 1.54) is 24.5 Å². The normalized spacial score (nSPS) is 15.8. The van der Waals surface area contributed by atoms with Crippen molar-refractivity contribution >= 4 is 22.0 Å². The lowest BCUT2D eigenvalue weighted by Gasteiger charge is -2.31. The molecule has 2 heterocycles. The Morgan fingerprint density at radius 2 is 1.97 bits per heavy atom. The van der Waals surface area contributed by atoms with Gasteiger partial charge in [-0.15, -0.1) is 0 Å². The monoisotopic (exact) mass is 418 g/mol. The topological polar surface area (TPSA) is 88.8 Å². The van der Waals surface area contributed by atoms with Gasteiger partial charge in [-0.05, 0) is 55.7 Å². The Bertz CT molecular complexity index is 912. The van der Waals surface area contributed by atoms with Gasteiger partial charge in [0.05, 0.1) is 23.8 Å². The van der Waals surface area contributed by atoms with Crippen LogP contribution in [-0.4, -0.2) is 45.0 Å². The minimum absolute atomic E-state index is 0.0447. The lowest BCUT2D eigenvalue weighted by molar-refractivity contribution is -0.128. The average molecular weight is 419 g/mol. The van der Waals surface area contributed by atoms with E-state index in [0.717, 1.165) is 18.4 Å². The largest absolute Gasteiger partial charge is 0.468 e. The molecule has 0 aliphatic carbocycles. The van der Waals surface area contributed by atoms with Crippen LogP contribution < -0.4 is 4.72 Å². The summed E-state index contributed by atoms with van der Waals surface area (Å²) in [6.07, 6.45) is 6.66. The van der Waals surface area contributed by atoms with E-state index in [-0.39, 0.29) is 23.5 Å². The molecule has 1 aromatic heterocycles. The van der Waals surface area contributed by atoms with E-state index < -0.39 is 10.0 Å². The summed E-state index contributed by atoms with van der Waals surface area (Å²) in [5.41, 5.74) is 0.757. The molecule has 156 valence electrons. The van der Waals surface area contributed by atoms with Crippen molar-refractivity contribution in [2.45, 2.75) is 37.3 Å². The maximum atomic E-state index is 12.3. The number of likely N-dealkylation sites (tertiary alicyclic amines) is 1. The molecule has 1 saturated heterocycles. The first-order valence-electron chi connectivity index (χ1n) is 9.68. The van der Waals surface area contributed by atoms with Crippen LogP contribution in [0.5, 0.6) is 0 Å². The summed E-state index contributed by atoms with van der Waals surface area (Å²) in [4.78, 5) is 14.3. The van der Waals surface area contributed by atoms with Gasteiger partial charge in [0.25, 0.3) is 0 Å². The second-order valence-electron chi connectivity index (χ2n) is 6.79. The van der Waals surface area contributed by atoms with Crippen LogP contribution in [0, 0.1) is 0 Å². The molecule has 8 heteroatoms. The highest BCUT2D eigenvalue weighted by atomic mass is 32.2. The fraction of sp³-hybridized carbons (Fsp3) is 0.381. The lowest BCUT2D eigenvalue weighted by Crippen LogP contribution is -2.40. The number of sulfonamides is 1. The zero-order valence-corrected chi connectivity index (χ0v) is 17.2. The second-order valence-corrected chi connectivity index (χ2v) is 8.55. The van der Waals surface area contributed by atoms with Gasteiger partial charge in [-0.2, -0.15) is 0 Å². The van der Waals surface area contributed by atoms with Gasteiger partial charge in [-0.1, -0.05) is 12.1 Å². The third kappa shape index (κ3) is 6.03. The van der Waals surface area contributed by atoms with E-state index in [1.807, 2.05) is 11.8 Å². The number of piperidine rings is 1. The molecule has 29 heavy (non-hydrogen) atoms. The molecule has 0 bridgehead atoms. The van der Waals surface area contributed by atoms with Crippen LogP contribution in [0.1, 0.15) is 31.1 Å². The number of carbonyl (C=O) groups is 1. The summed E-state index contributed by atoms with van der Waals surface area (Å²) in [5.74, 6) is 0.494. The van der Waals surface area contributed by atoms with Gasteiger partial charge in [-0.3, -0.25) is 4.79 Å². The molecule has 0 spiro atoms. The van der Waals surface area contributed by atoms with E-state index in [0.29, 0.717) is 25.5 Å². The van der Waals surface area contributed by atoms with Crippen molar-refractivity contribution in [1.29, 1.82) is 0 Å².